The standard InChI is InChI=1S/C20H23N3O5/c1-27-11-12-28-17-4-2-3-15(13-17)19(24)23-9-7-22(8-10-23)18-6-5-16(14-21-18)20(25)26/h2-6,13-14H,7-12H2,1H3,(H,25,26). The van der Waals surface area contributed by atoms with Gasteiger partial charge in [0.25, 0.3) is 5.91 Å². The van der Waals surface area contributed by atoms with Crippen molar-refractivity contribution in [2.75, 3.05) is 51.4 Å². The lowest BCUT2D eigenvalue weighted by atomic mass is 10.1. The van der Waals surface area contributed by atoms with Gasteiger partial charge in [-0.3, -0.25) is 4.79 Å². The van der Waals surface area contributed by atoms with E-state index in [4.69, 9.17) is 14.6 Å². The average molecular weight is 385 g/mol. The number of anilines is 1. The molecule has 0 unspecified atom stereocenters. The largest absolute Gasteiger partial charge is 0.491 e. The number of hydrogen-bond acceptors (Lipinski definition) is 6. The minimum absolute atomic E-state index is 0.0361. The van der Waals surface area contributed by atoms with Crippen molar-refractivity contribution in [3.63, 3.8) is 0 Å². The van der Waals surface area contributed by atoms with Crippen LogP contribution in [0.5, 0.6) is 5.75 Å². The van der Waals surface area contributed by atoms with Crippen molar-refractivity contribution >= 4 is 17.7 Å². The van der Waals surface area contributed by atoms with Crippen LogP contribution in [0.2, 0.25) is 0 Å². The van der Waals surface area contributed by atoms with E-state index < -0.39 is 5.97 Å². The van der Waals surface area contributed by atoms with E-state index in [0.717, 1.165) is 0 Å². The average Bonchev–Trinajstić information content (AvgIpc) is 2.74. The normalized spacial score (nSPS) is 14.0. The lowest BCUT2D eigenvalue weighted by Crippen LogP contribution is -2.49. The van der Waals surface area contributed by atoms with E-state index in [0.29, 0.717) is 56.5 Å². The Morgan fingerprint density at radius 2 is 1.86 bits per heavy atom. The molecule has 1 aliphatic rings. The smallest absolute Gasteiger partial charge is 0.337 e. The first-order chi connectivity index (χ1) is 13.6. The third-order valence-electron chi connectivity index (χ3n) is 4.52. The van der Waals surface area contributed by atoms with Gasteiger partial charge >= 0.3 is 5.97 Å². The van der Waals surface area contributed by atoms with Gasteiger partial charge in [-0.05, 0) is 30.3 Å². The molecular weight excluding hydrogens is 362 g/mol. The first kappa shape index (κ1) is 19.6. The third kappa shape index (κ3) is 4.77. The number of nitrogens with zero attached hydrogens (tertiary/aromatic N) is 3. The second-order valence-corrected chi connectivity index (χ2v) is 6.36. The molecule has 0 spiro atoms. The number of ether oxygens (including phenoxy) is 2. The topological polar surface area (TPSA) is 92.2 Å². The molecule has 8 heteroatoms. The van der Waals surface area contributed by atoms with Gasteiger partial charge in [0.05, 0.1) is 12.2 Å². The van der Waals surface area contributed by atoms with E-state index >= 15 is 0 Å². The van der Waals surface area contributed by atoms with E-state index in [2.05, 4.69) is 4.98 Å². The van der Waals surface area contributed by atoms with Gasteiger partial charge in [0.15, 0.2) is 0 Å². The fraction of sp³-hybridized carbons (Fsp3) is 0.350. The van der Waals surface area contributed by atoms with Crippen molar-refractivity contribution < 1.29 is 24.2 Å². The number of rotatable bonds is 7. The van der Waals surface area contributed by atoms with E-state index in [1.807, 2.05) is 11.0 Å². The van der Waals surface area contributed by atoms with Gasteiger partial charge in [-0.15, -0.1) is 0 Å². The Kier molecular flexibility index (Phi) is 6.44. The van der Waals surface area contributed by atoms with Gasteiger partial charge in [0.2, 0.25) is 0 Å². The van der Waals surface area contributed by atoms with Gasteiger partial charge < -0.3 is 24.4 Å². The van der Waals surface area contributed by atoms with Gasteiger partial charge in [-0.25, -0.2) is 9.78 Å². The highest BCUT2D eigenvalue weighted by atomic mass is 16.5. The predicted molar refractivity (Wildman–Crippen MR) is 103 cm³/mol. The highest BCUT2D eigenvalue weighted by Gasteiger charge is 2.23. The number of carboxylic acids is 1. The molecule has 1 aromatic heterocycles. The molecule has 2 aromatic rings. The Morgan fingerprint density at radius 1 is 1.07 bits per heavy atom. The molecule has 2 heterocycles. The maximum absolute atomic E-state index is 12.8. The molecule has 28 heavy (non-hydrogen) atoms. The molecule has 1 aliphatic heterocycles. The predicted octanol–water partition coefficient (Wildman–Crippen LogP) is 1.77. The van der Waals surface area contributed by atoms with Crippen molar-refractivity contribution in [2.45, 2.75) is 0 Å². The number of piperazine rings is 1. The highest BCUT2D eigenvalue weighted by Crippen LogP contribution is 2.18. The van der Waals surface area contributed by atoms with Crippen molar-refractivity contribution in [3.05, 3.63) is 53.7 Å². The second-order valence-electron chi connectivity index (χ2n) is 6.36. The number of aromatic nitrogens is 1. The molecule has 0 atom stereocenters. The summed E-state index contributed by atoms with van der Waals surface area (Å²) in [6, 6.07) is 10.4. The van der Waals surface area contributed by atoms with E-state index in [9.17, 15) is 9.59 Å². The molecule has 3 rings (SSSR count). The zero-order valence-corrected chi connectivity index (χ0v) is 15.7. The summed E-state index contributed by atoms with van der Waals surface area (Å²) in [4.78, 5) is 31.8. The van der Waals surface area contributed by atoms with Crippen molar-refractivity contribution in [3.8, 4) is 5.75 Å². The Morgan fingerprint density at radius 3 is 2.50 bits per heavy atom. The maximum atomic E-state index is 12.8. The van der Waals surface area contributed by atoms with Crippen LogP contribution in [-0.2, 0) is 4.74 Å². The summed E-state index contributed by atoms with van der Waals surface area (Å²) in [5, 5.41) is 8.96. The van der Waals surface area contributed by atoms with Gasteiger partial charge in [-0.2, -0.15) is 0 Å². The quantitative estimate of drug-likeness (QED) is 0.726. The van der Waals surface area contributed by atoms with Gasteiger partial charge in [0, 0.05) is 45.0 Å². The summed E-state index contributed by atoms with van der Waals surface area (Å²) in [7, 11) is 1.61. The monoisotopic (exact) mass is 385 g/mol. The van der Waals surface area contributed by atoms with Crippen LogP contribution < -0.4 is 9.64 Å². The van der Waals surface area contributed by atoms with Crippen LogP contribution in [0, 0.1) is 0 Å². The van der Waals surface area contributed by atoms with Crippen LogP contribution in [0.4, 0.5) is 5.82 Å². The SMILES string of the molecule is COCCOc1cccc(C(=O)N2CCN(c3ccc(C(=O)O)cn3)CC2)c1. The molecular formula is C20H23N3O5. The fourth-order valence-electron chi connectivity index (χ4n) is 2.98. The molecule has 1 fully saturated rings. The van der Waals surface area contributed by atoms with Crippen LogP contribution in [0.3, 0.4) is 0 Å². The van der Waals surface area contributed by atoms with Crippen LogP contribution in [0.1, 0.15) is 20.7 Å². The van der Waals surface area contributed by atoms with Crippen LogP contribution in [0.25, 0.3) is 0 Å². The lowest BCUT2D eigenvalue weighted by molar-refractivity contribution is 0.0694. The Balaban J connectivity index is 1.57. The number of hydrogen-bond donors (Lipinski definition) is 1. The molecule has 1 saturated heterocycles. The van der Waals surface area contributed by atoms with Crippen molar-refractivity contribution in [1.82, 2.24) is 9.88 Å². The number of carbonyl (C=O) groups is 2. The van der Waals surface area contributed by atoms with E-state index in [1.165, 1.54) is 12.3 Å². The minimum atomic E-state index is -0.997. The second kappa shape index (κ2) is 9.18. The number of amides is 1. The molecule has 0 aliphatic carbocycles. The number of carboxylic acid groups (broad SMARTS) is 1. The minimum Gasteiger partial charge on any atom is -0.491 e. The molecule has 1 N–H and O–H groups in total. The molecule has 1 aromatic carbocycles. The third-order valence-corrected chi connectivity index (χ3v) is 4.52. The summed E-state index contributed by atoms with van der Waals surface area (Å²) in [6.45, 7) is 3.32. The number of aromatic carboxylic acids is 1. The number of benzene rings is 1. The number of carbonyl (C=O) groups excluding carboxylic acids is 1. The molecule has 8 nitrogen and oxygen atoms in total. The van der Waals surface area contributed by atoms with Crippen molar-refractivity contribution in [1.29, 1.82) is 0 Å². The summed E-state index contributed by atoms with van der Waals surface area (Å²) < 4.78 is 10.5. The maximum Gasteiger partial charge on any atom is 0.337 e. The van der Waals surface area contributed by atoms with Crippen molar-refractivity contribution in [2.24, 2.45) is 0 Å². The van der Waals surface area contributed by atoms with E-state index in [-0.39, 0.29) is 11.5 Å². The number of pyridine rings is 1. The molecule has 0 saturated carbocycles. The number of methoxy groups -OCH3 is 1. The first-order valence-electron chi connectivity index (χ1n) is 9.04. The highest BCUT2D eigenvalue weighted by molar-refractivity contribution is 5.94. The van der Waals surface area contributed by atoms with Crippen LogP contribution in [-0.4, -0.2) is 73.4 Å². The van der Waals surface area contributed by atoms with Crippen LogP contribution >= 0.6 is 0 Å². The molecule has 0 radical (unpaired) electrons. The Hall–Kier alpha value is -3.13. The molecule has 1 amide bonds. The lowest BCUT2D eigenvalue weighted by Gasteiger charge is -2.35. The van der Waals surface area contributed by atoms with Gasteiger partial charge in [0.1, 0.15) is 18.2 Å². The fourth-order valence-corrected chi connectivity index (χ4v) is 2.98. The zero-order chi connectivity index (χ0) is 19.9. The Labute approximate surface area is 163 Å². The molecule has 148 valence electrons. The Bertz CT molecular complexity index is 817. The van der Waals surface area contributed by atoms with Gasteiger partial charge in [-0.1, -0.05) is 6.07 Å². The van der Waals surface area contributed by atoms with E-state index in [1.54, 1.807) is 36.3 Å². The molecule has 0 bridgehead atoms. The first-order valence-corrected chi connectivity index (χ1v) is 9.04. The summed E-state index contributed by atoms with van der Waals surface area (Å²) in [5.74, 6) is 0.323. The van der Waals surface area contributed by atoms with Crippen LogP contribution in [0.15, 0.2) is 42.6 Å². The summed E-state index contributed by atoms with van der Waals surface area (Å²) in [5.41, 5.74) is 0.748. The summed E-state index contributed by atoms with van der Waals surface area (Å²) in [6.07, 6.45) is 1.35. The summed E-state index contributed by atoms with van der Waals surface area (Å²) >= 11 is 0. The zero-order valence-electron chi connectivity index (χ0n) is 15.7.